The van der Waals surface area contributed by atoms with Gasteiger partial charge in [-0.3, -0.25) is 4.79 Å². The maximum atomic E-state index is 11.2. The molecule has 100 valence electrons. The van der Waals surface area contributed by atoms with Gasteiger partial charge in [-0.2, -0.15) is 5.26 Å². The normalized spacial score (nSPS) is 10.4. The van der Waals surface area contributed by atoms with Gasteiger partial charge in [0.25, 0.3) is 5.78 Å². The molecule has 0 aromatic heterocycles. The third-order valence-corrected chi connectivity index (χ3v) is 2.10. The molecule has 0 fully saturated rings. The Morgan fingerprint density at radius 2 is 1.79 bits per heavy atom. The van der Waals surface area contributed by atoms with E-state index in [0.29, 0.717) is 0 Å². The molecule has 0 saturated heterocycles. The van der Waals surface area contributed by atoms with E-state index in [0.717, 1.165) is 0 Å². The maximum Gasteiger partial charge on any atom is 0.513 e. The lowest BCUT2D eigenvalue weighted by Crippen LogP contribution is -2.19. The molecule has 0 atom stereocenters. The van der Waals surface area contributed by atoms with Gasteiger partial charge in [0, 0.05) is 5.56 Å². The molecule has 0 aliphatic heterocycles. The number of nitrogens with zero attached hydrogens (tertiary/aromatic N) is 1. The topological polar surface area (TPSA) is 76.4 Å². The first-order valence-corrected chi connectivity index (χ1v) is 5.91. The zero-order valence-electron chi connectivity index (χ0n) is 9.23. The maximum absolute atomic E-state index is 11.2. The van der Waals surface area contributed by atoms with Crippen LogP contribution in [-0.4, -0.2) is 22.3 Å². The third-order valence-electron chi connectivity index (χ3n) is 1.77. The van der Waals surface area contributed by atoms with Crippen molar-refractivity contribution in [2.75, 3.05) is 6.61 Å². The van der Waals surface area contributed by atoms with Crippen LogP contribution in [0.5, 0.6) is 5.75 Å². The van der Waals surface area contributed by atoms with Gasteiger partial charge in [0.05, 0.1) is 0 Å². The van der Waals surface area contributed by atoms with Crippen molar-refractivity contribution in [2.45, 2.75) is 3.79 Å². The molecule has 1 aromatic carbocycles. The fourth-order valence-electron chi connectivity index (χ4n) is 1.01. The summed E-state index contributed by atoms with van der Waals surface area (Å²) in [5, 5.41) is 8.41. The predicted molar refractivity (Wildman–Crippen MR) is 68.7 cm³/mol. The van der Waals surface area contributed by atoms with E-state index in [4.69, 9.17) is 44.8 Å². The summed E-state index contributed by atoms with van der Waals surface area (Å²) >= 11 is 16.1. The molecule has 1 aromatic rings. The number of benzene rings is 1. The van der Waals surface area contributed by atoms with Crippen molar-refractivity contribution in [2.24, 2.45) is 0 Å². The Morgan fingerprint density at radius 1 is 1.21 bits per heavy atom. The highest BCUT2D eigenvalue weighted by atomic mass is 35.6. The van der Waals surface area contributed by atoms with E-state index >= 15 is 0 Å². The highest BCUT2D eigenvalue weighted by molar-refractivity contribution is 6.67. The first-order valence-electron chi connectivity index (χ1n) is 4.77. The van der Waals surface area contributed by atoms with Crippen LogP contribution < -0.4 is 4.74 Å². The lowest BCUT2D eigenvalue weighted by atomic mass is 10.1. The van der Waals surface area contributed by atoms with Crippen LogP contribution in [-0.2, 0) is 4.74 Å². The molecule has 0 radical (unpaired) electrons. The zero-order valence-corrected chi connectivity index (χ0v) is 11.5. The molecule has 5 nitrogen and oxygen atoms in total. The quantitative estimate of drug-likeness (QED) is 0.281. The molecule has 0 aliphatic rings. The summed E-state index contributed by atoms with van der Waals surface area (Å²) < 4.78 is 7.56. The van der Waals surface area contributed by atoms with Gasteiger partial charge < -0.3 is 9.47 Å². The number of nitriles is 1. The summed E-state index contributed by atoms with van der Waals surface area (Å²) in [5.41, 5.74) is 0.185. The number of halogens is 3. The average Bonchev–Trinajstić information content (AvgIpc) is 2.35. The van der Waals surface area contributed by atoms with Crippen LogP contribution in [0.1, 0.15) is 10.4 Å². The summed E-state index contributed by atoms with van der Waals surface area (Å²) in [7, 11) is 0. The van der Waals surface area contributed by atoms with Crippen LogP contribution in [0.15, 0.2) is 24.3 Å². The molecule has 1 rings (SSSR count). The van der Waals surface area contributed by atoms with Gasteiger partial charge in [0.15, 0.2) is 0 Å². The number of hydrogen-bond donors (Lipinski definition) is 0. The van der Waals surface area contributed by atoms with Crippen molar-refractivity contribution >= 4 is 46.7 Å². The molecule has 0 amide bonds. The zero-order chi connectivity index (χ0) is 14.5. The molecule has 0 spiro atoms. The monoisotopic (exact) mass is 321 g/mol. The van der Waals surface area contributed by atoms with Crippen molar-refractivity contribution in [1.29, 1.82) is 5.26 Å². The molecule has 0 bridgehead atoms. The van der Waals surface area contributed by atoms with E-state index in [1.807, 2.05) is 0 Å². The SMILES string of the molecule is N#CC(=O)c1ccc(OC(=O)OCC(Cl)(Cl)Cl)cc1. The molecule has 0 aliphatic carbocycles. The summed E-state index contributed by atoms with van der Waals surface area (Å²) in [4.78, 5) is 22.2. The second kappa shape index (κ2) is 6.62. The van der Waals surface area contributed by atoms with Crippen LogP contribution >= 0.6 is 34.8 Å². The first-order chi connectivity index (χ1) is 8.81. The Balaban J connectivity index is 2.57. The van der Waals surface area contributed by atoms with Crippen LogP contribution in [0.3, 0.4) is 0 Å². The van der Waals surface area contributed by atoms with E-state index in [-0.39, 0.29) is 11.3 Å². The number of rotatable bonds is 3. The number of ketones is 1. The largest absolute Gasteiger partial charge is 0.513 e. The first kappa shape index (κ1) is 15.6. The Bertz CT molecular complexity index is 516. The second-order valence-electron chi connectivity index (χ2n) is 3.22. The molecule has 8 heteroatoms. The second-order valence-corrected chi connectivity index (χ2v) is 5.74. The number of hydrogen-bond acceptors (Lipinski definition) is 5. The van der Waals surface area contributed by atoms with Gasteiger partial charge in [0.1, 0.15) is 18.4 Å². The van der Waals surface area contributed by atoms with Crippen LogP contribution in [0.2, 0.25) is 0 Å². The Labute approximate surface area is 123 Å². The number of carbonyl (C=O) groups excluding carboxylic acids is 2. The Morgan fingerprint density at radius 3 is 2.26 bits per heavy atom. The number of carbonyl (C=O) groups is 2. The van der Waals surface area contributed by atoms with Gasteiger partial charge in [-0.1, -0.05) is 34.8 Å². The third kappa shape index (κ3) is 5.79. The molecule has 0 saturated carbocycles. The standard InChI is InChI=1S/C11H6Cl3NO4/c12-11(13,14)6-18-10(17)19-8-3-1-7(2-4-8)9(16)5-15/h1-4H,6H2. The smallest absolute Gasteiger partial charge is 0.429 e. The summed E-state index contributed by atoms with van der Waals surface area (Å²) in [6.07, 6.45) is -1.05. The van der Waals surface area contributed by atoms with Crippen molar-refractivity contribution in [1.82, 2.24) is 0 Å². The van der Waals surface area contributed by atoms with Gasteiger partial charge in [-0.25, -0.2) is 4.79 Å². The van der Waals surface area contributed by atoms with E-state index < -0.39 is 22.3 Å². The minimum atomic E-state index is -1.72. The predicted octanol–water partition coefficient (Wildman–Crippen LogP) is 3.28. The summed E-state index contributed by atoms with van der Waals surface area (Å²) in [6, 6.07) is 6.80. The Kier molecular flexibility index (Phi) is 5.43. The highest BCUT2D eigenvalue weighted by Crippen LogP contribution is 2.26. The number of Topliss-reactive ketones (excluding diaryl/α,β-unsaturated/α-hetero) is 1. The molecular weight excluding hydrogens is 316 g/mol. The molecule has 0 N–H and O–H groups in total. The van der Waals surface area contributed by atoms with Gasteiger partial charge in [-0.05, 0) is 24.3 Å². The van der Waals surface area contributed by atoms with Crippen LogP contribution in [0.25, 0.3) is 0 Å². The summed E-state index contributed by atoms with van der Waals surface area (Å²) in [6.45, 7) is -0.457. The van der Waals surface area contributed by atoms with Crippen molar-refractivity contribution in [3.63, 3.8) is 0 Å². The van der Waals surface area contributed by atoms with Gasteiger partial charge >= 0.3 is 6.16 Å². The number of alkyl halides is 3. The lowest BCUT2D eigenvalue weighted by Gasteiger charge is -2.11. The molecule has 0 heterocycles. The molecule has 0 unspecified atom stereocenters. The minimum Gasteiger partial charge on any atom is -0.429 e. The van der Waals surface area contributed by atoms with E-state index in [1.54, 1.807) is 0 Å². The minimum absolute atomic E-state index is 0.129. The van der Waals surface area contributed by atoms with Crippen molar-refractivity contribution in [3.05, 3.63) is 29.8 Å². The fraction of sp³-hybridized carbons (Fsp3) is 0.182. The van der Waals surface area contributed by atoms with E-state index in [2.05, 4.69) is 4.74 Å². The van der Waals surface area contributed by atoms with Crippen LogP contribution in [0.4, 0.5) is 4.79 Å². The molecular formula is C11H6Cl3NO4. The lowest BCUT2D eigenvalue weighted by molar-refractivity contribution is 0.101. The van der Waals surface area contributed by atoms with Crippen LogP contribution in [0, 0.1) is 11.3 Å². The van der Waals surface area contributed by atoms with E-state index in [1.165, 1.54) is 30.3 Å². The molecule has 19 heavy (non-hydrogen) atoms. The van der Waals surface area contributed by atoms with E-state index in [9.17, 15) is 9.59 Å². The Hall–Kier alpha value is -1.48. The van der Waals surface area contributed by atoms with Crippen molar-refractivity contribution < 1.29 is 19.1 Å². The van der Waals surface area contributed by atoms with Gasteiger partial charge in [-0.15, -0.1) is 0 Å². The van der Waals surface area contributed by atoms with Crippen molar-refractivity contribution in [3.8, 4) is 11.8 Å². The number of ether oxygens (including phenoxy) is 2. The van der Waals surface area contributed by atoms with Gasteiger partial charge in [0.2, 0.25) is 3.79 Å². The fourth-order valence-corrected chi connectivity index (χ4v) is 1.17. The average molecular weight is 323 g/mol. The highest BCUT2D eigenvalue weighted by Gasteiger charge is 2.22. The summed E-state index contributed by atoms with van der Waals surface area (Å²) in [5.74, 6) is -0.561.